The van der Waals surface area contributed by atoms with E-state index >= 15 is 0 Å². The van der Waals surface area contributed by atoms with Crippen LogP contribution in [0.3, 0.4) is 0 Å². The molecule has 1 atom stereocenters. The van der Waals surface area contributed by atoms with Crippen molar-refractivity contribution in [3.8, 4) is 22.6 Å². The molecular formula is C24H22N2O6. The summed E-state index contributed by atoms with van der Waals surface area (Å²) in [5.74, 6) is 0.424. The molecule has 0 radical (unpaired) electrons. The first-order chi connectivity index (χ1) is 15.3. The average molecular weight is 434 g/mol. The SMILES string of the molecule is COc1ccc(-c2cc([N+](=O)[O-])ccc2O[C@H](C)C(=O)Nc2cccc(C(C)=O)c2)cc1. The van der Waals surface area contributed by atoms with Gasteiger partial charge in [0.25, 0.3) is 11.6 Å². The first-order valence-electron chi connectivity index (χ1n) is 9.80. The average Bonchev–Trinajstić information content (AvgIpc) is 2.79. The highest BCUT2D eigenvalue weighted by molar-refractivity contribution is 5.98. The van der Waals surface area contributed by atoms with Gasteiger partial charge in [0.2, 0.25) is 0 Å². The lowest BCUT2D eigenvalue weighted by Gasteiger charge is -2.18. The van der Waals surface area contributed by atoms with Crippen LogP contribution in [-0.2, 0) is 4.79 Å². The van der Waals surface area contributed by atoms with Gasteiger partial charge < -0.3 is 14.8 Å². The number of non-ortho nitro benzene ring substituents is 1. The second-order valence-corrected chi connectivity index (χ2v) is 7.05. The minimum atomic E-state index is -0.908. The Kier molecular flexibility index (Phi) is 6.84. The fraction of sp³-hybridized carbons (Fsp3) is 0.167. The standard InChI is InChI=1S/C24H22N2O6/c1-15(27)18-5-4-6-19(13-18)25-24(28)16(2)32-23-12-9-20(26(29)30)14-22(23)17-7-10-21(31-3)11-8-17/h4-14,16H,1-3H3,(H,25,28)/t16-/m1/s1. The number of ketones is 1. The van der Waals surface area contributed by atoms with Crippen LogP contribution in [-0.4, -0.2) is 29.8 Å². The monoisotopic (exact) mass is 434 g/mol. The van der Waals surface area contributed by atoms with Crippen molar-refractivity contribution in [3.05, 3.63) is 82.4 Å². The van der Waals surface area contributed by atoms with Crippen molar-refractivity contribution in [2.24, 2.45) is 0 Å². The molecule has 0 saturated heterocycles. The van der Waals surface area contributed by atoms with Gasteiger partial charge in [0.05, 0.1) is 12.0 Å². The summed E-state index contributed by atoms with van der Waals surface area (Å²) in [7, 11) is 1.54. The number of carbonyl (C=O) groups excluding carboxylic acids is 2. The smallest absolute Gasteiger partial charge is 0.270 e. The largest absolute Gasteiger partial charge is 0.497 e. The molecule has 1 amide bonds. The van der Waals surface area contributed by atoms with Gasteiger partial charge in [-0.15, -0.1) is 0 Å². The van der Waals surface area contributed by atoms with E-state index in [1.165, 1.54) is 25.1 Å². The molecule has 164 valence electrons. The summed E-state index contributed by atoms with van der Waals surface area (Å²) >= 11 is 0. The molecule has 0 saturated carbocycles. The third kappa shape index (κ3) is 5.28. The molecule has 0 bridgehead atoms. The Morgan fingerprint density at radius 1 is 1.03 bits per heavy atom. The normalized spacial score (nSPS) is 11.3. The highest BCUT2D eigenvalue weighted by Gasteiger charge is 2.20. The van der Waals surface area contributed by atoms with Crippen LogP contribution in [0.1, 0.15) is 24.2 Å². The van der Waals surface area contributed by atoms with E-state index in [1.54, 1.807) is 62.6 Å². The molecule has 32 heavy (non-hydrogen) atoms. The van der Waals surface area contributed by atoms with Crippen LogP contribution in [0.2, 0.25) is 0 Å². The number of hydrogen-bond acceptors (Lipinski definition) is 6. The zero-order valence-corrected chi connectivity index (χ0v) is 17.8. The zero-order chi connectivity index (χ0) is 23.3. The molecule has 1 N–H and O–H groups in total. The molecule has 0 heterocycles. The van der Waals surface area contributed by atoms with Crippen LogP contribution in [0.25, 0.3) is 11.1 Å². The molecule has 0 aliphatic rings. The molecular weight excluding hydrogens is 412 g/mol. The van der Waals surface area contributed by atoms with Crippen LogP contribution in [0.5, 0.6) is 11.5 Å². The van der Waals surface area contributed by atoms with E-state index in [-0.39, 0.29) is 11.5 Å². The Labute approximate surface area is 184 Å². The summed E-state index contributed by atoms with van der Waals surface area (Å²) < 4.78 is 11.0. The van der Waals surface area contributed by atoms with Crippen molar-refractivity contribution in [1.82, 2.24) is 0 Å². The van der Waals surface area contributed by atoms with E-state index in [4.69, 9.17) is 9.47 Å². The third-order valence-electron chi connectivity index (χ3n) is 4.78. The Morgan fingerprint density at radius 3 is 2.38 bits per heavy atom. The number of methoxy groups -OCH3 is 1. The summed E-state index contributed by atoms with van der Waals surface area (Å²) in [4.78, 5) is 35.0. The quantitative estimate of drug-likeness (QED) is 0.308. The van der Waals surface area contributed by atoms with Crippen molar-refractivity contribution in [3.63, 3.8) is 0 Å². The van der Waals surface area contributed by atoms with Gasteiger partial charge >= 0.3 is 0 Å². The number of rotatable bonds is 8. The summed E-state index contributed by atoms with van der Waals surface area (Å²) in [6, 6.07) is 17.8. The van der Waals surface area contributed by atoms with Crippen LogP contribution in [0.15, 0.2) is 66.7 Å². The fourth-order valence-corrected chi connectivity index (χ4v) is 3.03. The van der Waals surface area contributed by atoms with Gasteiger partial charge in [0.1, 0.15) is 11.5 Å². The topological polar surface area (TPSA) is 108 Å². The van der Waals surface area contributed by atoms with Gasteiger partial charge in [-0.1, -0.05) is 24.3 Å². The first kappa shape index (κ1) is 22.5. The Hall–Kier alpha value is -4.20. The number of Topliss-reactive ketones (excluding diaryl/α,β-unsaturated/α-hetero) is 1. The lowest BCUT2D eigenvalue weighted by molar-refractivity contribution is -0.384. The van der Waals surface area contributed by atoms with E-state index in [2.05, 4.69) is 5.32 Å². The Bertz CT molecular complexity index is 1160. The van der Waals surface area contributed by atoms with Crippen molar-refractivity contribution in [2.45, 2.75) is 20.0 Å². The molecule has 8 heteroatoms. The second-order valence-electron chi connectivity index (χ2n) is 7.05. The van der Waals surface area contributed by atoms with E-state index in [0.717, 1.165) is 0 Å². The summed E-state index contributed by atoms with van der Waals surface area (Å²) in [6.45, 7) is 3.02. The van der Waals surface area contributed by atoms with Gasteiger partial charge in [0.15, 0.2) is 11.9 Å². The predicted molar refractivity (Wildman–Crippen MR) is 120 cm³/mol. The minimum Gasteiger partial charge on any atom is -0.497 e. The van der Waals surface area contributed by atoms with Gasteiger partial charge in [-0.05, 0) is 49.7 Å². The lowest BCUT2D eigenvalue weighted by atomic mass is 10.0. The van der Waals surface area contributed by atoms with Gasteiger partial charge in [-0.2, -0.15) is 0 Å². The highest BCUT2D eigenvalue weighted by Crippen LogP contribution is 2.35. The molecule has 3 aromatic carbocycles. The minimum absolute atomic E-state index is 0.0960. The van der Waals surface area contributed by atoms with E-state index < -0.39 is 16.9 Å². The van der Waals surface area contributed by atoms with Crippen LogP contribution in [0.4, 0.5) is 11.4 Å². The van der Waals surface area contributed by atoms with Crippen molar-refractivity contribution >= 4 is 23.1 Å². The van der Waals surface area contributed by atoms with Gasteiger partial charge in [0, 0.05) is 28.9 Å². The molecule has 0 spiro atoms. The van der Waals surface area contributed by atoms with Gasteiger partial charge in [-0.3, -0.25) is 19.7 Å². The zero-order valence-electron chi connectivity index (χ0n) is 17.8. The molecule has 3 aromatic rings. The molecule has 8 nitrogen and oxygen atoms in total. The van der Waals surface area contributed by atoms with Crippen LogP contribution >= 0.6 is 0 Å². The summed E-state index contributed by atoms with van der Waals surface area (Å²) in [6.07, 6.45) is -0.908. The maximum atomic E-state index is 12.7. The lowest BCUT2D eigenvalue weighted by Crippen LogP contribution is -2.30. The number of anilines is 1. The Balaban J connectivity index is 1.85. The number of ether oxygens (including phenoxy) is 2. The van der Waals surface area contributed by atoms with E-state index in [1.807, 2.05) is 0 Å². The molecule has 0 aliphatic carbocycles. The number of hydrogen-bond donors (Lipinski definition) is 1. The van der Waals surface area contributed by atoms with Crippen molar-refractivity contribution < 1.29 is 24.0 Å². The van der Waals surface area contributed by atoms with E-state index in [0.29, 0.717) is 33.9 Å². The number of nitro benzene ring substituents is 1. The maximum Gasteiger partial charge on any atom is 0.270 e. The number of nitro groups is 1. The van der Waals surface area contributed by atoms with Gasteiger partial charge in [-0.25, -0.2) is 0 Å². The number of carbonyl (C=O) groups is 2. The van der Waals surface area contributed by atoms with Crippen LogP contribution in [0, 0.1) is 10.1 Å². The van der Waals surface area contributed by atoms with Crippen LogP contribution < -0.4 is 14.8 Å². The fourth-order valence-electron chi connectivity index (χ4n) is 3.03. The molecule has 0 aromatic heterocycles. The van der Waals surface area contributed by atoms with Crippen molar-refractivity contribution in [2.75, 3.05) is 12.4 Å². The predicted octanol–water partition coefficient (Wildman–Crippen LogP) is 4.88. The number of benzene rings is 3. The maximum absolute atomic E-state index is 12.7. The Morgan fingerprint density at radius 2 is 1.75 bits per heavy atom. The van der Waals surface area contributed by atoms with E-state index in [9.17, 15) is 19.7 Å². The number of nitrogens with one attached hydrogen (secondary N) is 1. The number of nitrogens with zero attached hydrogens (tertiary/aromatic N) is 1. The molecule has 0 fully saturated rings. The summed E-state index contributed by atoms with van der Waals surface area (Å²) in [5.41, 5.74) is 2.00. The number of amides is 1. The molecule has 3 rings (SSSR count). The van der Waals surface area contributed by atoms with Crippen molar-refractivity contribution in [1.29, 1.82) is 0 Å². The third-order valence-corrected chi connectivity index (χ3v) is 4.78. The highest BCUT2D eigenvalue weighted by atomic mass is 16.6. The molecule has 0 unspecified atom stereocenters. The first-order valence-corrected chi connectivity index (χ1v) is 9.80. The summed E-state index contributed by atoms with van der Waals surface area (Å²) in [5, 5.41) is 14.0. The second kappa shape index (κ2) is 9.74. The molecule has 0 aliphatic heterocycles.